The molecule has 7 heteroatoms. The number of quaternary nitrogens is 1. The van der Waals surface area contributed by atoms with Crippen molar-refractivity contribution in [3.05, 3.63) is 46.7 Å². The summed E-state index contributed by atoms with van der Waals surface area (Å²) in [7, 11) is 4.62. The molecule has 2 heterocycles. The van der Waals surface area contributed by atoms with Crippen LogP contribution in [-0.2, 0) is 6.54 Å². The van der Waals surface area contributed by atoms with Gasteiger partial charge in [-0.3, -0.25) is 4.79 Å². The molecule has 2 N–H and O–H groups in total. The van der Waals surface area contributed by atoms with Gasteiger partial charge in [0, 0.05) is 17.4 Å². The number of carbonyl (C=O) groups excluding carboxylic acids is 1. The number of carbonyl (C=O) groups is 1. The maximum Gasteiger partial charge on any atom is 0.231 e. The zero-order valence-corrected chi connectivity index (χ0v) is 19.9. The van der Waals surface area contributed by atoms with Crippen LogP contribution in [0.15, 0.2) is 30.0 Å². The maximum atomic E-state index is 13.2. The van der Waals surface area contributed by atoms with Crippen LogP contribution in [0.5, 0.6) is 28.7 Å². The standard InChI is InChI=1S/C26H31NO6/c1-15-10-16(2)13-27(12-15)14-19-20(28)8-7-18-23(29)22(33-25(18)19)11-17-6-9-21(30-3)26(32-5)24(17)31-4/h6-9,11,15-16,28H,10,12-14H2,1-5H3/p+1/b22-11-/t15-,16+. The largest absolute Gasteiger partial charge is 0.507 e. The van der Waals surface area contributed by atoms with Crippen LogP contribution in [-0.4, -0.2) is 45.3 Å². The van der Waals surface area contributed by atoms with Crippen LogP contribution >= 0.6 is 0 Å². The summed E-state index contributed by atoms with van der Waals surface area (Å²) in [4.78, 5) is 14.5. The number of ketones is 1. The number of rotatable bonds is 6. The van der Waals surface area contributed by atoms with Crippen LogP contribution in [0.3, 0.4) is 0 Å². The Morgan fingerprint density at radius 1 is 1.03 bits per heavy atom. The van der Waals surface area contributed by atoms with Crippen LogP contribution < -0.4 is 23.8 Å². The van der Waals surface area contributed by atoms with Gasteiger partial charge in [-0.25, -0.2) is 0 Å². The monoisotopic (exact) mass is 454 g/mol. The van der Waals surface area contributed by atoms with Crippen LogP contribution in [0.4, 0.5) is 0 Å². The first-order valence-electron chi connectivity index (χ1n) is 11.3. The van der Waals surface area contributed by atoms with E-state index < -0.39 is 0 Å². The molecule has 1 unspecified atom stereocenters. The normalized spacial score (nSPS) is 23.2. The topological polar surface area (TPSA) is 78.7 Å². The number of hydrogen-bond donors (Lipinski definition) is 2. The minimum Gasteiger partial charge on any atom is -0.507 e. The Balaban J connectivity index is 1.68. The molecule has 176 valence electrons. The molecule has 7 nitrogen and oxygen atoms in total. The van der Waals surface area contributed by atoms with Gasteiger partial charge in [0.25, 0.3) is 0 Å². The second-order valence-corrected chi connectivity index (χ2v) is 9.08. The highest BCUT2D eigenvalue weighted by Gasteiger charge is 2.34. The Morgan fingerprint density at radius 3 is 2.36 bits per heavy atom. The van der Waals surface area contributed by atoms with Crippen molar-refractivity contribution in [3.63, 3.8) is 0 Å². The number of nitrogens with one attached hydrogen (secondary N) is 1. The first kappa shape index (κ1) is 23.0. The molecular weight excluding hydrogens is 422 g/mol. The van der Waals surface area contributed by atoms with E-state index in [0.717, 1.165) is 13.1 Å². The van der Waals surface area contributed by atoms with E-state index in [9.17, 15) is 9.90 Å². The van der Waals surface area contributed by atoms with Crippen molar-refractivity contribution in [2.75, 3.05) is 34.4 Å². The lowest BCUT2D eigenvalue weighted by Gasteiger charge is -2.32. The van der Waals surface area contributed by atoms with Gasteiger partial charge in [-0.15, -0.1) is 0 Å². The SMILES string of the molecule is COc1ccc(/C=C2\Oc3c(ccc(O)c3C[NH+]3C[C@H](C)C[C@H](C)C3)C2=O)c(OC)c1OC. The number of methoxy groups -OCH3 is 3. The Bertz CT molecular complexity index is 1080. The van der Waals surface area contributed by atoms with E-state index >= 15 is 0 Å². The van der Waals surface area contributed by atoms with Gasteiger partial charge in [0.1, 0.15) is 12.3 Å². The van der Waals surface area contributed by atoms with Crippen molar-refractivity contribution in [3.8, 4) is 28.7 Å². The van der Waals surface area contributed by atoms with Crippen molar-refractivity contribution >= 4 is 11.9 Å². The van der Waals surface area contributed by atoms with E-state index in [-0.39, 0.29) is 17.3 Å². The van der Waals surface area contributed by atoms with Crippen LogP contribution in [0.25, 0.3) is 6.08 Å². The number of hydrogen-bond acceptors (Lipinski definition) is 6. The predicted octanol–water partition coefficient (Wildman–Crippen LogP) is 3.10. The number of Topliss-reactive ketones (excluding diaryl/α,β-unsaturated/α-hetero) is 1. The predicted molar refractivity (Wildman–Crippen MR) is 124 cm³/mol. The lowest BCUT2D eigenvalue weighted by Crippen LogP contribution is -3.13. The van der Waals surface area contributed by atoms with E-state index in [1.165, 1.54) is 25.5 Å². The van der Waals surface area contributed by atoms with E-state index in [0.29, 0.717) is 58.1 Å². The molecular formula is C26H32NO6+. The third kappa shape index (κ3) is 4.37. The third-order valence-corrected chi connectivity index (χ3v) is 6.44. The summed E-state index contributed by atoms with van der Waals surface area (Å²) in [6.07, 6.45) is 2.86. The Kier molecular flexibility index (Phi) is 6.51. The van der Waals surface area contributed by atoms with Gasteiger partial charge in [-0.2, -0.15) is 0 Å². The maximum absolute atomic E-state index is 13.2. The van der Waals surface area contributed by atoms with Crippen LogP contribution in [0, 0.1) is 11.8 Å². The second-order valence-electron chi connectivity index (χ2n) is 9.08. The van der Waals surface area contributed by atoms with Gasteiger partial charge in [0.15, 0.2) is 23.0 Å². The lowest BCUT2D eigenvalue weighted by atomic mass is 9.91. The number of piperidine rings is 1. The lowest BCUT2D eigenvalue weighted by molar-refractivity contribution is -0.925. The molecule has 0 bridgehead atoms. The number of benzene rings is 2. The van der Waals surface area contributed by atoms with E-state index in [2.05, 4.69) is 13.8 Å². The fourth-order valence-corrected chi connectivity index (χ4v) is 5.16. The van der Waals surface area contributed by atoms with Gasteiger partial charge in [-0.05, 0) is 36.8 Å². The molecule has 2 aliphatic rings. The minimum atomic E-state index is -0.224. The highest BCUT2D eigenvalue weighted by atomic mass is 16.5. The van der Waals surface area contributed by atoms with E-state index in [4.69, 9.17) is 18.9 Å². The number of phenolic OH excluding ortho intramolecular Hbond substituents is 1. The quantitative estimate of drug-likeness (QED) is 0.653. The zero-order chi connectivity index (χ0) is 23.7. The third-order valence-electron chi connectivity index (χ3n) is 6.44. The molecule has 1 saturated heterocycles. The van der Waals surface area contributed by atoms with Crippen molar-refractivity contribution < 1.29 is 33.7 Å². The average molecular weight is 455 g/mol. The van der Waals surface area contributed by atoms with Gasteiger partial charge in [0.05, 0.1) is 45.5 Å². The number of phenols is 1. The minimum absolute atomic E-state index is 0.157. The molecule has 3 atom stereocenters. The average Bonchev–Trinajstić information content (AvgIpc) is 3.10. The van der Waals surface area contributed by atoms with E-state index in [1.807, 2.05) is 0 Å². The first-order valence-corrected chi connectivity index (χ1v) is 11.3. The number of allylic oxidation sites excluding steroid dienone is 1. The Morgan fingerprint density at radius 2 is 1.73 bits per heavy atom. The summed E-state index contributed by atoms with van der Waals surface area (Å²) in [5.41, 5.74) is 1.77. The fraction of sp³-hybridized carbons (Fsp3) is 0.423. The molecule has 4 rings (SSSR count). The van der Waals surface area contributed by atoms with Crippen molar-refractivity contribution in [1.82, 2.24) is 0 Å². The Hall–Kier alpha value is -3.19. The van der Waals surface area contributed by atoms with Gasteiger partial charge < -0.3 is 29.0 Å². The molecule has 0 aromatic heterocycles. The molecule has 2 aromatic rings. The summed E-state index contributed by atoms with van der Waals surface area (Å²) in [6, 6.07) is 6.75. The molecule has 2 aromatic carbocycles. The smallest absolute Gasteiger partial charge is 0.231 e. The first-order chi connectivity index (χ1) is 15.9. The summed E-state index contributed by atoms with van der Waals surface area (Å²) in [6.45, 7) is 7.22. The summed E-state index contributed by atoms with van der Waals surface area (Å²) in [5.74, 6) is 3.22. The van der Waals surface area contributed by atoms with Crippen LogP contribution in [0.2, 0.25) is 0 Å². The van der Waals surface area contributed by atoms with Crippen molar-refractivity contribution in [2.45, 2.75) is 26.8 Å². The number of ether oxygens (including phenoxy) is 4. The van der Waals surface area contributed by atoms with Gasteiger partial charge >= 0.3 is 0 Å². The zero-order valence-electron chi connectivity index (χ0n) is 19.9. The molecule has 2 aliphatic heterocycles. The fourth-order valence-electron chi connectivity index (χ4n) is 5.16. The van der Waals surface area contributed by atoms with Crippen molar-refractivity contribution in [1.29, 1.82) is 0 Å². The van der Waals surface area contributed by atoms with E-state index in [1.54, 1.807) is 37.5 Å². The summed E-state index contributed by atoms with van der Waals surface area (Å²) >= 11 is 0. The molecule has 0 aliphatic carbocycles. The number of fused-ring (bicyclic) bond motifs is 1. The molecule has 0 saturated carbocycles. The van der Waals surface area contributed by atoms with Gasteiger partial charge in [-0.1, -0.05) is 13.8 Å². The molecule has 0 radical (unpaired) electrons. The number of aromatic hydroxyl groups is 1. The van der Waals surface area contributed by atoms with Gasteiger partial charge in [0.2, 0.25) is 11.5 Å². The molecule has 1 fully saturated rings. The molecule has 0 spiro atoms. The van der Waals surface area contributed by atoms with Crippen LogP contribution in [0.1, 0.15) is 41.8 Å². The summed E-state index contributed by atoms with van der Waals surface area (Å²) < 4.78 is 22.4. The second kappa shape index (κ2) is 9.35. The highest BCUT2D eigenvalue weighted by Crippen LogP contribution is 2.43. The highest BCUT2D eigenvalue weighted by molar-refractivity contribution is 6.15. The summed E-state index contributed by atoms with van der Waals surface area (Å²) in [5, 5.41) is 10.6. The Labute approximate surface area is 194 Å². The van der Waals surface area contributed by atoms with Crippen molar-refractivity contribution in [2.24, 2.45) is 11.8 Å². The number of likely N-dealkylation sites (tertiary alicyclic amines) is 1. The molecule has 0 amide bonds. The molecule has 33 heavy (non-hydrogen) atoms.